The molecule has 1 aromatic carbocycles. The molecule has 0 aliphatic carbocycles. The highest BCUT2D eigenvalue weighted by Gasteiger charge is 2.15. The summed E-state index contributed by atoms with van der Waals surface area (Å²) < 4.78 is 14.9. The Labute approximate surface area is 130 Å². The predicted molar refractivity (Wildman–Crippen MR) is 80.9 cm³/mol. The van der Waals surface area contributed by atoms with Crippen LogP contribution in [0.25, 0.3) is 5.65 Å². The summed E-state index contributed by atoms with van der Waals surface area (Å²) in [6.45, 7) is 0.272. The first-order valence-electron chi connectivity index (χ1n) is 6.43. The van der Waals surface area contributed by atoms with E-state index in [2.05, 4.69) is 10.3 Å². The molecule has 3 aromatic rings. The van der Waals surface area contributed by atoms with Crippen LogP contribution in [0.1, 0.15) is 16.1 Å². The molecule has 0 saturated heterocycles. The minimum atomic E-state index is -1.08. The average Bonchev–Trinajstić information content (AvgIpc) is 2.95. The van der Waals surface area contributed by atoms with E-state index in [9.17, 15) is 14.3 Å². The Balaban J connectivity index is 1.91. The predicted octanol–water partition coefficient (Wildman–Crippen LogP) is 3.44. The maximum absolute atomic E-state index is 13.4. The molecule has 2 N–H and O–H groups in total. The largest absolute Gasteiger partial charge is 0.476 e. The molecule has 0 fully saturated rings. The summed E-state index contributed by atoms with van der Waals surface area (Å²) in [5.41, 5.74) is 1.70. The molecule has 112 valence electrons. The van der Waals surface area contributed by atoms with Crippen molar-refractivity contribution in [2.24, 2.45) is 0 Å². The minimum Gasteiger partial charge on any atom is -0.476 e. The van der Waals surface area contributed by atoms with Crippen molar-refractivity contribution >= 4 is 28.9 Å². The molecule has 0 spiro atoms. The van der Waals surface area contributed by atoms with Gasteiger partial charge in [0.2, 0.25) is 0 Å². The zero-order valence-corrected chi connectivity index (χ0v) is 12.0. The standard InChI is InChI=1S/C15H11ClFN3O2/c16-10-2-1-9(7-11(10)17)8-19-12-3-4-13-18-5-6-20(13)14(12)15(21)22/h1-7,19H,8H2,(H,21,22). The Hall–Kier alpha value is -2.60. The normalized spacial score (nSPS) is 10.8. The molecule has 2 heterocycles. The van der Waals surface area contributed by atoms with Crippen LogP contribution < -0.4 is 5.32 Å². The van der Waals surface area contributed by atoms with E-state index >= 15 is 0 Å². The van der Waals surface area contributed by atoms with Gasteiger partial charge in [0.05, 0.1) is 10.7 Å². The minimum absolute atomic E-state index is 0.0508. The molecule has 3 rings (SSSR count). The van der Waals surface area contributed by atoms with E-state index in [1.54, 1.807) is 24.4 Å². The third kappa shape index (κ3) is 2.60. The number of pyridine rings is 1. The Bertz CT molecular complexity index is 863. The average molecular weight is 320 g/mol. The van der Waals surface area contributed by atoms with Crippen molar-refractivity contribution in [3.63, 3.8) is 0 Å². The second-order valence-electron chi connectivity index (χ2n) is 4.66. The number of nitrogens with one attached hydrogen (secondary N) is 1. The number of carboxylic acid groups (broad SMARTS) is 1. The summed E-state index contributed by atoms with van der Waals surface area (Å²) in [6.07, 6.45) is 3.10. The number of fused-ring (bicyclic) bond motifs is 1. The van der Waals surface area contributed by atoms with Gasteiger partial charge in [-0.2, -0.15) is 0 Å². The molecular formula is C15H11ClFN3O2. The second-order valence-corrected chi connectivity index (χ2v) is 5.07. The molecule has 2 aromatic heterocycles. The monoisotopic (exact) mass is 319 g/mol. The third-order valence-electron chi connectivity index (χ3n) is 3.23. The van der Waals surface area contributed by atoms with E-state index in [1.807, 2.05) is 0 Å². The zero-order chi connectivity index (χ0) is 15.7. The van der Waals surface area contributed by atoms with E-state index in [4.69, 9.17) is 11.6 Å². The van der Waals surface area contributed by atoms with Crippen LogP contribution in [0.3, 0.4) is 0 Å². The van der Waals surface area contributed by atoms with Gasteiger partial charge in [-0.1, -0.05) is 17.7 Å². The summed E-state index contributed by atoms with van der Waals surface area (Å²) in [5.74, 6) is -1.59. The van der Waals surface area contributed by atoms with Gasteiger partial charge in [-0.15, -0.1) is 0 Å². The summed E-state index contributed by atoms with van der Waals surface area (Å²) in [4.78, 5) is 15.5. The number of carbonyl (C=O) groups is 1. The van der Waals surface area contributed by atoms with E-state index in [1.165, 1.54) is 22.7 Å². The summed E-state index contributed by atoms with van der Waals surface area (Å²) >= 11 is 5.63. The number of rotatable bonds is 4. The van der Waals surface area contributed by atoms with Crippen LogP contribution in [-0.4, -0.2) is 20.5 Å². The lowest BCUT2D eigenvalue weighted by atomic mass is 10.2. The van der Waals surface area contributed by atoms with Gasteiger partial charge in [0, 0.05) is 18.9 Å². The van der Waals surface area contributed by atoms with Crippen LogP contribution in [-0.2, 0) is 6.54 Å². The fourth-order valence-corrected chi connectivity index (χ4v) is 2.32. The zero-order valence-electron chi connectivity index (χ0n) is 11.3. The maximum atomic E-state index is 13.4. The molecule has 5 nitrogen and oxygen atoms in total. The van der Waals surface area contributed by atoms with Gasteiger partial charge < -0.3 is 10.4 Å². The van der Waals surface area contributed by atoms with E-state index in [0.29, 0.717) is 16.9 Å². The first kappa shape index (κ1) is 14.3. The lowest BCUT2D eigenvalue weighted by Gasteiger charge is -2.11. The number of carboxylic acids is 1. The molecule has 0 saturated carbocycles. The lowest BCUT2D eigenvalue weighted by molar-refractivity contribution is 0.0690. The van der Waals surface area contributed by atoms with E-state index in [-0.39, 0.29) is 17.3 Å². The van der Waals surface area contributed by atoms with Crippen LogP contribution in [0.15, 0.2) is 42.7 Å². The first-order valence-corrected chi connectivity index (χ1v) is 6.81. The van der Waals surface area contributed by atoms with Crippen molar-refractivity contribution in [3.8, 4) is 0 Å². The highest BCUT2D eigenvalue weighted by atomic mass is 35.5. The molecule has 0 aliphatic heterocycles. The summed E-state index contributed by atoms with van der Waals surface area (Å²) in [5, 5.41) is 12.4. The van der Waals surface area contributed by atoms with Gasteiger partial charge in [-0.3, -0.25) is 4.40 Å². The van der Waals surface area contributed by atoms with Gasteiger partial charge in [0.25, 0.3) is 0 Å². The third-order valence-corrected chi connectivity index (χ3v) is 3.54. The number of hydrogen-bond donors (Lipinski definition) is 2. The van der Waals surface area contributed by atoms with E-state index in [0.717, 1.165) is 0 Å². The van der Waals surface area contributed by atoms with Gasteiger partial charge in [-0.05, 0) is 29.8 Å². The number of aromatic nitrogens is 2. The van der Waals surface area contributed by atoms with Crippen LogP contribution in [0.4, 0.5) is 10.1 Å². The molecule has 0 atom stereocenters. The molecule has 22 heavy (non-hydrogen) atoms. The van der Waals surface area contributed by atoms with Crippen LogP contribution >= 0.6 is 11.6 Å². The molecule has 0 bridgehead atoms. The van der Waals surface area contributed by atoms with Gasteiger partial charge in [0.15, 0.2) is 5.69 Å². The van der Waals surface area contributed by atoms with Crippen LogP contribution in [0, 0.1) is 5.82 Å². The quantitative estimate of drug-likeness (QED) is 0.773. The van der Waals surface area contributed by atoms with Crippen LogP contribution in [0.5, 0.6) is 0 Å². The fraction of sp³-hybridized carbons (Fsp3) is 0.0667. The van der Waals surface area contributed by atoms with Crippen molar-refractivity contribution in [2.75, 3.05) is 5.32 Å². The highest BCUT2D eigenvalue weighted by Crippen LogP contribution is 2.20. The molecule has 7 heteroatoms. The SMILES string of the molecule is O=C(O)c1c(NCc2ccc(Cl)c(F)c2)ccc2nccn12. The Morgan fingerprint density at radius 1 is 1.36 bits per heavy atom. The lowest BCUT2D eigenvalue weighted by Crippen LogP contribution is -2.11. The number of anilines is 1. The fourth-order valence-electron chi connectivity index (χ4n) is 2.20. The number of benzene rings is 1. The smallest absolute Gasteiger partial charge is 0.355 e. The van der Waals surface area contributed by atoms with Gasteiger partial charge in [0.1, 0.15) is 11.5 Å². The summed E-state index contributed by atoms with van der Waals surface area (Å²) in [7, 11) is 0. The number of hydrogen-bond acceptors (Lipinski definition) is 3. The Morgan fingerprint density at radius 2 is 2.18 bits per heavy atom. The highest BCUT2D eigenvalue weighted by molar-refractivity contribution is 6.30. The topological polar surface area (TPSA) is 66.6 Å². The van der Waals surface area contributed by atoms with Gasteiger partial charge in [-0.25, -0.2) is 14.2 Å². The van der Waals surface area contributed by atoms with Gasteiger partial charge >= 0.3 is 5.97 Å². The van der Waals surface area contributed by atoms with Crippen molar-refractivity contribution in [2.45, 2.75) is 6.54 Å². The van der Waals surface area contributed by atoms with Crippen LogP contribution in [0.2, 0.25) is 5.02 Å². The van der Waals surface area contributed by atoms with E-state index < -0.39 is 11.8 Å². The molecular weight excluding hydrogens is 309 g/mol. The van der Waals surface area contributed by atoms with Crippen molar-refractivity contribution in [3.05, 3.63) is 64.8 Å². The Kier molecular flexibility index (Phi) is 3.68. The molecule has 0 aliphatic rings. The van der Waals surface area contributed by atoms with Crippen molar-refractivity contribution in [1.82, 2.24) is 9.38 Å². The van der Waals surface area contributed by atoms with Crippen molar-refractivity contribution in [1.29, 1.82) is 0 Å². The molecule has 0 unspecified atom stereocenters. The first-order chi connectivity index (χ1) is 10.6. The number of aromatic carboxylic acids is 1. The Morgan fingerprint density at radius 3 is 2.91 bits per heavy atom. The number of nitrogens with zero attached hydrogens (tertiary/aromatic N) is 2. The number of imidazole rings is 1. The van der Waals surface area contributed by atoms with Crippen molar-refractivity contribution < 1.29 is 14.3 Å². The molecule has 0 amide bonds. The molecule has 0 radical (unpaired) electrons. The number of halogens is 2. The summed E-state index contributed by atoms with van der Waals surface area (Å²) in [6, 6.07) is 7.79. The second kappa shape index (κ2) is 5.65. The maximum Gasteiger partial charge on any atom is 0.355 e.